The van der Waals surface area contributed by atoms with Crippen LogP contribution in [0.1, 0.15) is 84.5 Å². The highest BCUT2D eigenvalue weighted by atomic mass is 19.1. The maximum atomic E-state index is 15.6. The Bertz CT molecular complexity index is 1660. The van der Waals surface area contributed by atoms with Gasteiger partial charge in [0.15, 0.2) is 17.4 Å². The first-order valence-corrected chi connectivity index (χ1v) is 18.2. The van der Waals surface area contributed by atoms with Crippen molar-refractivity contribution < 1.29 is 38.1 Å². The molecule has 14 nitrogen and oxygen atoms in total. The fraction of sp³-hybridized carbons (Fsp3) is 0.622. The number of anilines is 1. The van der Waals surface area contributed by atoms with E-state index in [1.54, 1.807) is 6.92 Å². The van der Waals surface area contributed by atoms with Crippen molar-refractivity contribution in [3.8, 4) is 23.1 Å². The van der Waals surface area contributed by atoms with Crippen LogP contribution in [0.25, 0.3) is 0 Å². The van der Waals surface area contributed by atoms with Crippen molar-refractivity contribution >= 4 is 23.7 Å². The molecule has 2 aromatic rings. The number of ether oxygens (including phenoxy) is 3. The van der Waals surface area contributed by atoms with E-state index in [0.717, 1.165) is 63.7 Å². The number of fused-ring (bicyclic) bond motifs is 1. The van der Waals surface area contributed by atoms with Gasteiger partial charge in [-0.05, 0) is 85.4 Å². The molecule has 1 spiro atoms. The van der Waals surface area contributed by atoms with Gasteiger partial charge in [0.05, 0.1) is 11.2 Å². The highest BCUT2D eigenvalue weighted by molar-refractivity contribution is 6.01. The molecule has 0 bridgehead atoms. The Morgan fingerprint density at radius 3 is 2.44 bits per heavy atom. The lowest BCUT2D eigenvalue weighted by Crippen LogP contribution is -2.62. The molecule has 1 atom stereocenters. The van der Waals surface area contributed by atoms with Crippen molar-refractivity contribution in [1.29, 1.82) is 0 Å². The number of hydrogen-bond acceptors (Lipinski definition) is 13. The summed E-state index contributed by atoms with van der Waals surface area (Å²) in [6.07, 6.45) is 6.72. The van der Waals surface area contributed by atoms with Gasteiger partial charge in [-0.15, -0.1) is 10.2 Å². The third kappa shape index (κ3) is 9.04. The smallest absolute Gasteiger partial charge is 0.336 e. The van der Waals surface area contributed by atoms with Gasteiger partial charge in [-0.2, -0.15) is 0 Å². The molecule has 2 fully saturated rings. The zero-order chi connectivity index (χ0) is 37.8. The fourth-order valence-electron chi connectivity index (χ4n) is 7.30. The number of aromatic nitrogens is 3. The Balaban J connectivity index is 1.35. The minimum absolute atomic E-state index is 0.0433. The standard InChI is InChI=1S/C37H52FN7O7/c1-8-45(24(4)5)35(48)25-18-26(38)31-32(51-29(47)12-11-28(46)50-31)30(25)52-34-33(40-22-41-42-34)43-17-14-37(19-43)20-44(21-37)27(23(2)3)10-9-15-39-16-13-36(6,7)49/h11-12,18,22-24,27,39,49H,8-10,13-17,19-21H2,1-7H3/b12-11+/t27-/m1/s1. The zero-order valence-corrected chi connectivity index (χ0v) is 31.3. The number of carbonyl (C=O) groups excluding carboxylic acids is 3. The van der Waals surface area contributed by atoms with Gasteiger partial charge in [0.2, 0.25) is 11.5 Å². The fourth-order valence-corrected chi connectivity index (χ4v) is 7.30. The molecule has 2 saturated heterocycles. The Morgan fingerprint density at radius 1 is 1.12 bits per heavy atom. The van der Waals surface area contributed by atoms with Crippen LogP contribution in [-0.2, 0) is 9.59 Å². The first kappa shape index (κ1) is 39.0. The second kappa shape index (κ2) is 16.2. The van der Waals surface area contributed by atoms with Gasteiger partial charge in [0, 0.05) is 62.4 Å². The maximum Gasteiger partial charge on any atom is 0.336 e. The van der Waals surface area contributed by atoms with Crippen LogP contribution in [0.3, 0.4) is 0 Å². The molecule has 284 valence electrons. The van der Waals surface area contributed by atoms with Gasteiger partial charge in [-0.3, -0.25) is 9.69 Å². The minimum Gasteiger partial charge on any atom is -0.430 e. The van der Waals surface area contributed by atoms with E-state index in [1.807, 2.05) is 27.7 Å². The monoisotopic (exact) mass is 725 g/mol. The predicted octanol–water partition coefficient (Wildman–Crippen LogP) is 4.12. The Kier molecular flexibility index (Phi) is 12.2. The topological polar surface area (TPSA) is 160 Å². The molecular weight excluding hydrogens is 673 g/mol. The molecule has 3 aliphatic rings. The minimum atomic E-state index is -1.09. The van der Waals surface area contributed by atoms with Crippen LogP contribution < -0.4 is 24.4 Å². The zero-order valence-electron chi connectivity index (χ0n) is 31.3. The third-order valence-electron chi connectivity index (χ3n) is 9.95. The molecule has 0 unspecified atom stereocenters. The van der Waals surface area contributed by atoms with Gasteiger partial charge >= 0.3 is 11.9 Å². The van der Waals surface area contributed by atoms with E-state index in [-0.39, 0.29) is 28.6 Å². The number of hydrogen-bond donors (Lipinski definition) is 2. The summed E-state index contributed by atoms with van der Waals surface area (Å²) in [6.45, 7) is 18.8. The number of esters is 2. The normalized spacial score (nSPS) is 18.4. The molecule has 1 aromatic carbocycles. The summed E-state index contributed by atoms with van der Waals surface area (Å²) >= 11 is 0. The lowest BCUT2D eigenvalue weighted by atomic mass is 9.76. The number of halogens is 1. The lowest BCUT2D eigenvalue weighted by molar-refractivity contribution is -0.133. The number of rotatable bonds is 15. The summed E-state index contributed by atoms with van der Waals surface area (Å²) in [6, 6.07) is 1.10. The summed E-state index contributed by atoms with van der Waals surface area (Å²) < 4.78 is 32.4. The number of nitrogens with zero attached hydrogens (tertiary/aromatic N) is 6. The quantitative estimate of drug-likeness (QED) is 0.154. The number of nitrogens with one attached hydrogen (secondary N) is 1. The van der Waals surface area contributed by atoms with Crippen LogP contribution in [0.15, 0.2) is 24.5 Å². The number of aliphatic hydroxyl groups is 1. The van der Waals surface area contributed by atoms with Crippen LogP contribution in [0.2, 0.25) is 0 Å². The van der Waals surface area contributed by atoms with Crippen molar-refractivity contribution in [2.75, 3.05) is 50.7 Å². The van der Waals surface area contributed by atoms with Crippen LogP contribution in [0, 0.1) is 17.2 Å². The lowest BCUT2D eigenvalue weighted by Gasteiger charge is -2.53. The van der Waals surface area contributed by atoms with Crippen LogP contribution in [-0.4, -0.2) is 111 Å². The van der Waals surface area contributed by atoms with Gasteiger partial charge < -0.3 is 34.4 Å². The Morgan fingerprint density at radius 2 is 1.81 bits per heavy atom. The molecular formula is C37H52FN7O7. The maximum absolute atomic E-state index is 15.6. The van der Waals surface area contributed by atoms with Gasteiger partial charge in [-0.25, -0.2) is 19.0 Å². The first-order valence-electron chi connectivity index (χ1n) is 18.2. The van der Waals surface area contributed by atoms with E-state index in [2.05, 4.69) is 44.1 Å². The SMILES string of the molecule is CCN(C(=O)c1cc(F)c2c(c1Oc1nncnc1N1CCC3(C1)CN([C@H](CCCNCCC(C)(C)O)C(C)C)C3)OC(=O)/C=C/C(=O)O2)C(C)C. The third-order valence-corrected chi connectivity index (χ3v) is 9.95. The van der Waals surface area contributed by atoms with E-state index in [4.69, 9.17) is 14.2 Å². The number of amides is 1. The molecule has 1 aromatic heterocycles. The summed E-state index contributed by atoms with van der Waals surface area (Å²) in [4.78, 5) is 49.4. The number of likely N-dealkylation sites (tertiary alicyclic amines) is 1. The largest absolute Gasteiger partial charge is 0.430 e. The van der Waals surface area contributed by atoms with Gasteiger partial charge in [0.25, 0.3) is 11.8 Å². The van der Waals surface area contributed by atoms with Gasteiger partial charge in [0.1, 0.15) is 6.33 Å². The highest BCUT2D eigenvalue weighted by Crippen LogP contribution is 2.48. The average molecular weight is 726 g/mol. The predicted molar refractivity (Wildman–Crippen MR) is 191 cm³/mol. The molecule has 1 amide bonds. The molecule has 2 N–H and O–H groups in total. The molecule has 4 heterocycles. The van der Waals surface area contributed by atoms with E-state index in [9.17, 15) is 19.5 Å². The second-order valence-corrected chi connectivity index (χ2v) is 15.3. The Hall–Kier alpha value is -4.21. The Labute approximate surface area is 304 Å². The van der Waals surface area contributed by atoms with Crippen LogP contribution in [0.4, 0.5) is 10.2 Å². The van der Waals surface area contributed by atoms with E-state index >= 15 is 4.39 Å². The van der Waals surface area contributed by atoms with Crippen molar-refractivity contribution in [2.24, 2.45) is 11.3 Å². The van der Waals surface area contributed by atoms with E-state index < -0.39 is 40.8 Å². The molecule has 5 rings (SSSR count). The molecule has 0 aliphatic carbocycles. The highest BCUT2D eigenvalue weighted by Gasteiger charge is 2.50. The van der Waals surface area contributed by atoms with E-state index in [1.165, 1.54) is 11.2 Å². The van der Waals surface area contributed by atoms with Crippen molar-refractivity contribution in [3.63, 3.8) is 0 Å². The summed E-state index contributed by atoms with van der Waals surface area (Å²) in [7, 11) is 0. The summed E-state index contributed by atoms with van der Waals surface area (Å²) in [5.41, 5.74) is -0.879. The number of carbonyl (C=O) groups is 3. The second-order valence-electron chi connectivity index (χ2n) is 15.3. The molecule has 0 saturated carbocycles. The van der Waals surface area contributed by atoms with Crippen molar-refractivity contribution in [1.82, 2.24) is 30.3 Å². The van der Waals surface area contributed by atoms with E-state index in [0.29, 0.717) is 43.8 Å². The van der Waals surface area contributed by atoms with Crippen LogP contribution >= 0.6 is 0 Å². The van der Waals surface area contributed by atoms with Crippen molar-refractivity contribution in [3.05, 3.63) is 35.9 Å². The number of benzene rings is 1. The summed E-state index contributed by atoms with van der Waals surface area (Å²) in [5, 5.41) is 21.5. The molecule has 0 radical (unpaired) electrons. The average Bonchev–Trinajstić information content (AvgIpc) is 3.50. The van der Waals surface area contributed by atoms with Crippen molar-refractivity contribution in [2.45, 2.75) is 91.8 Å². The molecule has 52 heavy (non-hydrogen) atoms. The van der Waals surface area contributed by atoms with Gasteiger partial charge in [-0.1, -0.05) is 13.8 Å². The first-order chi connectivity index (χ1) is 24.6. The van der Waals surface area contributed by atoms with Crippen LogP contribution in [0.5, 0.6) is 23.1 Å². The molecule has 15 heteroatoms. The molecule has 3 aliphatic heterocycles. The summed E-state index contributed by atoms with van der Waals surface area (Å²) in [5.74, 6) is -4.50.